The van der Waals surface area contributed by atoms with Gasteiger partial charge in [-0.15, -0.1) is 0 Å². The van der Waals surface area contributed by atoms with Crippen molar-refractivity contribution in [2.24, 2.45) is 0 Å². The molecule has 1 rings (SSSR count). The number of anilines is 1. The van der Waals surface area contributed by atoms with Crippen LogP contribution in [-0.2, 0) is 4.79 Å². The topological polar surface area (TPSA) is 41.1 Å². The molecule has 3 nitrogen and oxygen atoms in total. The number of likely N-dealkylation sites (N-methyl/N-ethyl adjacent to an activating group) is 1. The van der Waals surface area contributed by atoms with E-state index in [0.29, 0.717) is 6.54 Å². The van der Waals surface area contributed by atoms with Crippen molar-refractivity contribution in [2.45, 2.75) is 20.8 Å². The average molecular weight is 206 g/mol. The third kappa shape index (κ3) is 3.06. The van der Waals surface area contributed by atoms with E-state index in [1.54, 1.807) is 7.05 Å². The lowest BCUT2D eigenvalue weighted by atomic mass is 10.0. The minimum absolute atomic E-state index is 0.0103. The summed E-state index contributed by atoms with van der Waals surface area (Å²) in [5.41, 5.74) is 4.44. The van der Waals surface area contributed by atoms with Gasteiger partial charge in [-0.1, -0.05) is 6.07 Å². The highest BCUT2D eigenvalue weighted by molar-refractivity contribution is 5.93. The highest BCUT2D eigenvalue weighted by atomic mass is 16.1. The van der Waals surface area contributed by atoms with Gasteiger partial charge in [0.25, 0.3) is 0 Å². The summed E-state index contributed by atoms with van der Waals surface area (Å²) in [6.45, 7) is 6.46. The Hall–Kier alpha value is -1.35. The second-order valence-corrected chi connectivity index (χ2v) is 3.83. The number of amides is 1. The molecule has 1 amide bonds. The summed E-state index contributed by atoms with van der Waals surface area (Å²) in [4.78, 5) is 11.4. The van der Waals surface area contributed by atoms with E-state index in [2.05, 4.69) is 23.6 Å². The maximum atomic E-state index is 11.4. The van der Waals surface area contributed by atoms with E-state index >= 15 is 0 Å². The van der Waals surface area contributed by atoms with Crippen molar-refractivity contribution in [3.63, 3.8) is 0 Å². The molecular formula is C12H18N2O. The number of hydrogen-bond donors (Lipinski definition) is 2. The standard InChI is InChI=1S/C12H18N2O/c1-8-5-10(3)11(6-9(8)2)14-12(15)7-13-4/h5-6,13H,7H2,1-4H3,(H,14,15). The minimum atomic E-state index is -0.0103. The zero-order valence-corrected chi connectivity index (χ0v) is 9.77. The van der Waals surface area contributed by atoms with Gasteiger partial charge >= 0.3 is 0 Å². The van der Waals surface area contributed by atoms with Gasteiger partial charge in [0, 0.05) is 5.69 Å². The molecule has 0 aliphatic rings. The molecule has 3 heteroatoms. The molecule has 0 fully saturated rings. The first kappa shape index (κ1) is 11.7. The van der Waals surface area contributed by atoms with Crippen molar-refractivity contribution in [1.82, 2.24) is 5.32 Å². The highest BCUT2D eigenvalue weighted by Gasteiger charge is 2.05. The predicted octanol–water partition coefficient (Wildman–Crippen LogP) is 1.77. The number of hydrogen-bond acceptors (Lipinski definition) is 2. The van der Waals surface area contributed by atoms with Gasteiger partial charge in [-0.3, -0.25) is 4.79 Å². The van der Waals surface area contributed by atoms with E-state index < -0.39 is 0 Å². The summed E-state index contributed by atoms with van der Waals surface area (Å²) < 4.78 is 0. The SMILES string of the molecule is CNCC(=O)Nc1cc(C)c(C)cc1C. The summed E-state index contributed by atoms with van der Waals surface area (Å²) in [7, 11) is 1.76. The fourth-order valence-electron chi connectivity index (χ4n) is 1.45. The lowest BCUT2D eigenvalue weighted by Crippen LogP contribution is -2.25. The first-order chi connectivity index (χ1) is 7.04. The van der Waals surface area contributed by atoms with Gasteiger partial charge in [0.1, 0.15) is 0 Å². The van der Waals surface area contributed by atoms with Crippen molar-refractivity contribution in [3.8, 4) is 0 Å². The molecule has 0 radical (unpaired) electrons. The Balaban J connectivity index is 2.86. The van der Waals surface area contributed by atoms with Crippen molar-refractivity contribution in [3.05, 3.63) is 28.8 Å². The molecule has 0 heterocycles. The molecule has 0 atom stereocenters. The van der Waals surface area contributed by atoms with E-state index in [4.69, 9.17) is 0 Å². The Labute approximate surface area is 90.9 Å². The molecule has 0 unspecified atom stereocenters. The van der Waals surface area contributed by atoms with Crippen LogP contribution in [0.15, 0.2) is 12.1 Å². The smallest absolute Gasteiger partial charge is 0.238 e. The van der Waals surface area contributed by atoms with Gasteiger partial charge in [-0.25, -0.2) is 0 Å². The van der Waals surface area contributed by atoms with Gasteiger partial charge in [0.15, 0.2) is 0 Å². The molecular weight excluding hydrogens is 188 g/mol. The van der Waals surface area contributed by atoms with Gasteiger partial charge in [-0.05, 0) is 50.6 Å². The summed E-state index contributed by atoms with van der Waals surface area (Å²) in [6, 6.07) is 4.10. The van der Waals surface area contributed by atoms with Crippen LogP contribution < -0.4 is 10.6 Å². The van der Waals surface area contributed by atoms with Crippen LogP contribution in [0, 0.1) is 20.8 Å². The maximum Gasteiger partial charge on any atom is 0.238 e. The van der Waals surface area contributed by atoms with Crippen LogP contribution in [0.25, 0.3) is 0 Å². The average Bonchev–Trinajstić information content (AvgIpc) is 2.14. The van der Waals surface area contributed by atoms with Gasteiger partial charge in [0.2, 0.25) is 5.91 Å². The third-order valence-corrected chi connectivity index (χ3v) is 2.45. The number of carbonyl (C=O) groups is 1. The lowest BCUT2D eigenvalue weighted by Gasteiger charge is -2.11. The molecule has 0 aliphatic carbocycles. The number of benzene rings is 1. The molecule has 0 aliphatic heterocycles. The molecule has 0 saturated carbocycles. The number of rotatable bonds is 3. The van der Waals surface area contributed by atoms with Gasteiger partial charge < -0.3 is 10.6 Å². The van der Waals surface area contributed by atoms with E-state index in [9.17, 15) is 4.79 Å². The lowest BCUT2D eigenvalue weighted by molar-refractivity contribution is -0.115. The molecule has 2 N–H and O–H groups in total. The molecule has 1 aromatic rings. The largest absolute Gasteiger partial charge is 0.325 e. The molecule has 0 bridgehead atoms. The van der Waals surface area contributed by atoms with Crippen molar-refractivity contribution >= 4 is 11.6 Å². The fraction of sp³-hybridized carbons (Fsp3) is 0.417. The van der Waals surface area contributed by atoms with Crippen LogP contribution in [0.3, 0.4) is 0 Å². The van der Waals surface area contributed by atoms with Crippen LogP contribution in [0.4, 0.5) is 5.69 Å². The quantitative estimate of drug-likeness (QED) is 0.791. The molecule has 0 spiro atoms. The van der Waals surface area contributed by atoms with Crippen molar-refractivity contribution < 1.29 is 4.79 Å². The van der Waals surface area contributed by atoms with Crippen molar-refractivity contribution in [1.29, 1.82) is 0 Å². The van der Waals surface area contributed by atoms with Gasteiger partial charge in [-0.2, -0.15) is 0 Å². The molecule has 82 valence electrons. The van der Waals surface area contributed by atoms with Crippen LogP contribution in [-0.4, -0.2) is 19.5 Å². The van der Waals surface area contributed by atoms with E-state index in [-0.39, 0.29) is 5.91 Å². The first-order valence-corrected chi connectivity index (χ1v) is 5.07. The molecule has 15 heavy (non-hydrogen) atoms. The molecule has 1 aromatic carbocycles. The van der Waals surface area contributed by atoms with Crippen LogP contribution in [0.2, 0.25) is 0 Å². The van der Waals surface area contributed by atoms with Crippen LogP contribution >= 0.6 is 0 Å². The van der Waals surface area contributed by atoms with Gasteiger partial charge in [0.05, 0.1) is 6.54 Å². The van der Waals surface area contributed by atoms with E-state index in [1.807, 2.05) is 19.9 Å². The summed E-state index contributed by atoms with van der Waals surface area (Å²) in [6.07, 6.45) is 0. The summed E-state index contributed by atoms with van der Waals surface area (Å²) in [5, 5.41) is 5.70. The van der Waals surface area contributed by atoms with E-state index in [1.165, 1.54) is 11.1 Å². The second-order valence-electron chi connectivity index (χ2n) is 3.83. The maximum absolute atomic E-state index is 11.4. The summed E-state index contributed by atoms with van der Waals surface area (Å²) >= 11 is 0. The predicted molar refractivity (Wildman–Crippen MR) is 63.2 cm³/mol. The second kappa shape index (κ2) is 4.94. The number of nitrogens with one attached hydrogen (secondary N) is 2. The van der Waals surface area contributed by atoms with Crippen molar-refractivity contribution in [2.75, 3.05) is 18.9 Å². The van der Waals surface area contributed by atoms with E-state index in [0.717, 1.165) is 11.3 Å². The molecule has 0 aromatic heterocycles. The Morgan fingerprint density at radius 2 is 1.73 bits per heavy atom. The Bertz CT molecular complexity index is 372. The third-order valence-electron chi connectivity index (χ3n) is 2.45. The Morgan fingerprint density at radius 1 is 1.13 bits per heavy atom. The van der Waals surface area contributed by atoms with Crippen LogP contribution in [0.5, 0.6) is 0 Å². The van der Waals surface area contributed by atoms with Crippen LogP contribution in [0.1, 0.15) is 16.7 Å². The monoisotopic (exact) mass is 206 g/mol. The number of aryl methyl sites for hydroxylation is 3. The first-order valence-electron chi connectivity index (χ1n) is 5.07. The molecule has 0 saturated heterocycles. The number of carbonyl (C=O) groups excluding carboxylic acids is 1. The Kier molecular flexibility index (Phi) is 3.86. The fourth-order valence-corrected chi connectivity index (χ4v) is 1.45. The summed E-state index contributed by atoms with van der Waals surface area (Å²) in [5.74, 6) is -0.0103. The zero-order chi connectivity index (χ0) is 11.4. The minimum Gasteiger partial charge on any atom is -0.325 e. The highest BCUT2D eigenvalue weighted by Crippen LogP contribution is 2.19. The Morgan fingerprint density at radius 3 is 2.33 bits per heavy atom. The normalized spacial score (nSPS) is 10.1. The zero-order valence-electron chi connectivity index (χ0n) is 9.77.